The van der Waals surface area contributed by atoms with Crippen molar-refractivity contribution in [3.8, 4) is 23.0 Å². The Balaban J connectivity index is 2.00. The molecule has 2 heterocycles. The lowest BCUT2D eigenvalue weighted by atomic mass is 10.1. The Morgan fingerprint density at radius 3 is 2.52 bits per heavy atom. The second-order valence-corrected chi connectivity index (χ2v) is 9.14. The minimum Gasteiger partial charge on any atom is -0.368 e. The zero-order chi connectivity index (χ0) is 20.8. The van der Waals surface area contributed by atoms with Crippen LogP contribution in [-0.2, 0) is 10.0 Å². The van der Waals surface area contributed by atoms with Crippen molar-refractivity contribution in [1.82, 2.24) is 18.7 Å². The monoisotopic (exact) mass is 406 g/mol. The van der Waals surface area contributed by atoms with Gasteiger partial charge in [-0.1, -0.05) is 24.3 Å². The first-order valence-electron chi connectivity index (χ1n) is 8.91. The zero-order valence-electron chi connectivity index (χ0n) is 15.8. The summed E-state index contributed by atoms with van der Waals surface area (Å²) in [6, 6.07) is 16.7. The van der Waals surface area contributed by atoms with Crippen LogP contribution < -0.4 is 5.73 Å². The first-order valence-corrected chi connectivity index (χ1v) is 10.4. The van der Waals surface area contributed by atoms with Crippen LogP contribution in [0.4, 0.5) is 5.95 Å². The molecule has 0 radical (unpaired) electrons. The number of hydrogen-bond donors (Lipinski definition) is 1. The lowest BCUT2D eigenvalue weighted by Crippen LogP contribution is -2.23. The van der Waals surface area contributed by atoms with E-state index in [0.29, 0.717) is 27.9 Å². The molecule has 0 aliphatic carbocycles. The predicted octanol–water partition coefficient (Wildman–Crippen LogP) is 2.93. The summed E-state index contributed by atoms with van der Waals surface area (Å²) in [5.41, 5.74) is 9.10. The first kappa shape index (κ1) is 18.7. The first-order chi connectivity index (χ1) is 13.8. The highest BCUT2D eigenvalue weighted by atomic mass is 32.2. The molecule has 0 saturated heterocycles. The van der Waals surface area contributed by atoms with E-state index in [0.717, 1.165) is 9.66 Å². The Labute approximate surface area is 167 Å². The predicted molar refractivity (Wildman–Crippen MR) is 111 cm³/mol. The van der Waals surface area contributed by atoms with Gasteiger partial charge in [-0.2, -0.15) is 10.4 Å². The molecule has 0 unspecified atom stereocenters. The Morgan fingerprint density at radius 1 is 1.14 bits per heavy atom. The molecule has 0 spiro atoms. The van der Waals surface area contributed by atoms with Gasteiger partial charge in [-0.05, 0) is 38.1 Å². The molecule has 4 aromatic rings. The molecule has 146 valence electrons. The van der Waals surface area contributed by atoms with Crippen molar-refractivity contribution in [2.45, 2.75) is 19.1 Å². The Kier molecular flexibility index (Phi) is 4.36. The van der Waals surface area contributed by atoms with Crippen LogP contribution in [0.15, 0.2) is 54.7 Å². The zero-order valence-corrected chi connectivity index (χ0v) is 16.6. The van der Waals surface area contributed by atoms with Crippen molar-refractivity contribution >= 4 is 27.0 Å². The smallest absolute Gasteiger partial charge is 0.244 e. The van der Waals surface area contributed by atoms with E-state index in [1.807, 2.05) is 30.3 Å². The Bertz CT molecular complexity index is 1360. The number of hydrogen-bond acceptors (Lipinski definition) is 6. The Morgan fingerprint density at radius 2 is 1.86 bits per heavy atom. The fraction of sp³-hybridized carbons (Fsp3) is 0.150. The summed E-state index contributed by atoms with van der Waals surface area (Å²) in [6.07, 6.45) is 1.49. The second kappa shape index (κ2) is 6.76. The molecule has 2 N–H and O–H groups in total. The molecule has 0 saturated carbocycles. The van der Waals surface area contributed by atoms with E-state index in [-0.39, 0.29) is 5.95 Å². The number of nitrogens with two attached hydrogens (primary N) is 1. The highest BCUT2D eigenvalue weighted by Gasteiger charge is 2.25. The summed E-state index contributed by atoms with van der Waals surface area (Å²) in [5, 5.41) is 13.3. The van der Waals surface area contributed by atoms with E-state index in [1.165, 1.54) is 6.20 Å². The Hall–Kier alpha value is -3.64. The van der Waals surface area contributed by atoms with E-state index in [4.69, 9.17) is 5.73 Å². The van der Waals surface area contributed by atoms with Gasteiger partial charge in [0.15, 0.2) is 0 Å². The summed E-state index contributed by atoms with van der Waals surface area (Å²) >= 11 is 0. The minimum atomic E-state index is -3.71. The average Bonchev–Trinajstić information content (AvgIpc) is 3.28. The molecule has 2 aromatic heterocycles. The van der Waals surface area contributed by atoms with Gasteiger partial charge in [-0.3, -0.25) is 0 Å². The third-order valence-corrected chi connectivity index (χ3v) is 6.74. The van der Waals surface area contributed by atoms with Crippen LogP contribution in [0.2, 0.25) is 0 Å². The summed E-state index contributed by atoms with van der Waals surface area (Å²) in [6.45, 7) is 3.17. The van der Waals surface area contributed by atoms with E-state index in [2.05, 4.69) is 16.2 Å². The quantitative estimate of drug-likeness (QED) is 0.556. The fourth-order valence-corrected chi connectivity index (χ4v) is 4.32. The number of nitriles is 1. The molecule has 4 rings (SSSR count). The summed E-state index contributed by atoms with van der Waals surface area (Å²) in [4.78, 5) is 4.18. The lowest BCUT2D eigenvalue weighted by Gasteiger charge is -2.12. The number of anilines is 1. The number of para-hydroxylation sites is 1. The maximum atomic E-state index is 12.8. The van der Waals surface area contributed by atoms with E-state index < -0.39 is 15.3 Å². The summed E-state index contributed by atoms with van der Waals surface area (Å²) < 4.78 is 28.3. The van der Waals surface area contributed by atoms with Gasteiger partial charge in [0.2, 0.25) is 16.0 Å². The van der Waals surface area contributed by atoms with Gasteiger partial charge in [0, 0.05) is 5.56 Å². The van der Waals surface area contributed by atoms with Gasteiger partial charge in [0.25, 0.3) is 0 Å². The molecule has 9 heteroatoms. The average molecular weight is 406 g/mol. The van der Waals surface area contributed by atoms with Crippen molar-refractivity contribution in [3.63, 3.8) is 0 Å². The summed E-state index contributed by atoms with van der Waals surface area (Å²) in [5.74, 6) is -0.0945. The standard InChI is InChI=1S/C20H18N6O2S/c1-13(2)29(27,28)26-18-10-14(8-9-17(18)24-20(26)22)19-15(11-21)12-23-25(19)16-6-4-3-5-7-16/h3-10,12-13H,1-2H3,(H2,22,24). The molecule has 0 aliphatic rings. The van der Waals surface area contributed by atoms with Gasteiger partial charge < -0.3 is 5.73 Å². The van der Waals surface area contributed by atoms with Crippen LogP contribution in [0.25, 0.3) is 28.0 Å². The van der Waals surface area contributed by atoms with Crippen LogP contribution in [0.1, 0.15) is 19.4 Å². The molecular formula is C20H18N6O2S. The van der Waals surface area contributed by atoms with Gasteiger partial charge >= 0.3 is 0 Å². The van der Waals surface area contributed by atoms with Crippen molar-refractivity contribution < 1.29 is 8.42 Å². The number of benzene rings is 2. The highest BCUT2D eigenvalue weighted by Crippen LogP contribution is 2.31. The maximum absolute atomic E-state index is 12.8. The van der Waals surface area contributed by atoms with Crippen molar-refractivity contribution in [2.75, 3.05) is 5.73 Å². The van der Waals surface area contributed by atoms with Gasteiger partial charge in [-0.25, -0.2) is 22.1 Å². The SMILES string of the molecule is CC(C)S(=O)(=O)n1c(N)nc2ccc(-c3c(C#N)cnn3-c3ccccc3)cc21. The van der Waals surface area contributed by atoms with Crippen LogP contribution in [0.3, 0.4) is 0 Å². The number of nitrogen functional groups attached to an aromatic ring is 1. The third kappa shape index (κ3) is 2.94. The molecule has 8 nitrogen and oxygen atoms in total. The van der Waals surface area contributed by atoms with E-state index in [1.54, 1.807) is 36.7 Å². The number of rotatable bonds is 4. The van der Waals surface area contributed by atoms with Gasteiger partial charge in [-0.15, -0.1) is 0 Å². The number of nitrogens with zero attached hydrogens (tertiary/aromatic N) is 5. The van der Waals surface area contributed by atoms with E-state index in [9.17, 15) is 13.7 Å². The van der Waals surface area contributed by atoms with Gasteiger partial charge in [0.05, 0.1) is 39.4 Å². The molecule has 0 amide bonds. The molecule has 0 atom stereocenters. The van der Waals surface area contributed by atoms with Crippen molar-refractivity contribution in [2.24, 2.45) is 0 Å². The summed E-state index contributed by atoms with van der Waals surface area (Å²) in [7, 11) is -3.71. The topological polar surface area (TPSA) is 120 Å². The molecule has 29 heavy (non-hydrogen) atoms. The van der Waals surface area contributed by atoms with Crippen LogP contribution in [0, 0.1) is 11.3 Å². The van der Waals surface area contributed by atoms with Crippen LogP contribution in [-0.4, -0.2) is 32.4 Å². The molecule has 0 aliphatic heterocycles. The number of imidazole rings is 1. The largest absolute Gasteiger partial charge is 0.368 e. The molecular weight excluding hydrogens is 388 g/mol. The normalized spacial score (nSPS) is 11.8. The second-order valence-electron chi connectivity index (χ2n) is 6.80. The van der Waals surface area contributed by atoms with Crippen molar-refractivity contribution in [1.29, 1.82) is 5.26 Å². The molecule has 0 bridgehead atoms. The lowest BCUT2D eigenvalue weighted by molar-refractivity contribution is 0.580. The van der Waals surface area contributed by atoms with Gasteiger partial charge in [0.1, 0.15) is 6.07 Å². The highest BCUT2D eigenvalue weighted by molar-refractivity contribution is 7.90. The minimum absolute atomic E-state index is 0.0945. The van der Waals surface area contributed by atoms with Crippen LogP contribution in [0.5, 0.6) is 0 Å². The number of fused-ring (bicyclic) bond motifs is 1. The van der Waals surface area contributed by atoms with Crippen LogP contribution >= 0.6 is 0 Å². The maximum Gasteiger partial charge on any atom is 0.244 e. The molecule has 2 aromatic carbocycles. The fourth-order valence-electron chi connectivity index (χ4n) is 3.17. The van der Waals surface area contributed by atoms with E-state index >= 15 is 0 Å². The number of aromatic nitrogens is 4. The van der Waals surface area contributed by atoms with Crippen molar-refractivity contribution in [3.05, 3.63) is 60.3 Å². The molecule has 0 fully saturated rings. The third-order valence-electron chi connectivity index (χ3n) is 4.65.